The fourth-order valence-corrected chi connectivity index (χ4v) is 2.45. The quantitative estimate of drug-likeness (QED) is 0.765. The Morgan fingerprint density at radius 2 is 2.22 bits per heavy atom. The molecule has 0 aromatic carbocycles. The van der Waals surface area contributed by atoms with Crippen LogP contribution in [0.1, 0.15) is 52.4 Å². The van der Waals surface area contributed by atoms with Crippen molar-refractivity contribution in [1.82, 2.24) is 10.2 Å². The van der Waals surface area contributed by atoms with Crippen molar-refractivity contribution in [3.05, 3.63) is 0 Å². The third-order valence-corrected chi connectivity index (χ3v) is 3.51. The third kappa shape index (κ3) is 4.55. The molecule has 1 aliphatic rings. The van der Waals surface area contributed by atoms with E-state index in [1.54, 1.807) is 0 Å². The number of carbonyl (C=O) groups is 2. The molecular weight excluding hydrogens is 232 g/mol. The van der Waals surface area contributed by atoms with E-state index in [1.807, 2.05) is 11.8 Å². The van der Waals surface area contributed by atoms with Crippen molar-refractivity contribution >= 4 is 12.0 Å². The maximum atomic E-state index is 12.0. The van der Waals surface area contributed by atoms with Gasteiger partial charge < -0.3 is 15.3 Å². The van der Waals surface area contributed by atoms with Gasteiger partial charge in [0.25, 0.3) is 0 Å². The third-order valence-electron chi connectivity index (χ3n) is 3.51. The average molecular weight is 256 g/mol. The molecule has 0 spiro atoms. The minimum atomic E-state index is -0.779. The topological polar surface area (TPSA) is 69.6 Å². The Balaban J connectivity index is 2.28. The van der Waals surface area contributed by atoms with Gasteiger partial charge in [0, 0.05) is 25.0 Å². The van der Waals surface area contributed by atoms with E-state index in [-0.39, 0.29) is 18.5 Å². The summed E-state index contributed by atoms with van der Waals surface area (Å²) in [4.78, 5) is 24.3. The van der Waals surface area contributed by atoms with Gasteiger partial charge in [0.05, 0.1) is 0 Å². The smallest absolute Gasteiger partial charge is 0.317 e. The van der Waals surface area contributed by atoms with E-state index in [1.165, 1.54) is 0 Å². The first-order chi connectivity index (χ1) is 8.54. The van der Waals surface area contributed by atoms with Crippen LogP contribution in [0.2, 0.25) is 0 Å². The van der Waals surface area contributed by atoms with Gasteiger partial charge in [-0.1, -0.05) is 6.92 Å². The summed E-state index contributed by atoms with van der Waals surface area (Å²) >= 11 is 0. The van der Waals surface area contributed by atoms with Crippen molar-refractivity contribution in [2.45, 2.75) is 64.5 Å². The summed E-state index contributed by atoms with van der Waals surface area (Å²) in [6.45, 7) is 4.87. The molecule has 1 rings (SSSR count). The van der Waals surface area contributed by atoms with E-state index in [0.29, 0.717) is 18.9 Å². The second-order valence-electron chi connectivity index (χ2n) is 5.03. The van der Waals surface area contributed by atoms with Crippen molar-refractivity contribution < 1.29 is 14.7 Å². The number of likely N-dealkylation sites (tertiary alicyclic amines) is 1. The van der Waals surface area contributed by atoms with Gasteiger partial charge in [0.2, 0.25) is 0 Å². The van der Waals surface area contributed by atoms with E-state index >= 15 is 0 Å². The highest BCUT2D eigenvalue weighted by molar-refractivity contribution is 5.75. The largest absolute Gasteiger partial charge is 0.481 e. The van der Waals surface area contributed by atoms with Gasteiger partial charge in [-0.15, -0.1) is 0 Å². The maximum absolute atomic E-state index is 12.0. The SMILES string of the molecule is CCC1CCCN1C(=O)NC(C)CCCC(=O)O. The molecule has 1 aliphatic heterocycles. The molecule has 5 heteroatoms. The summed E-state index contributed by atoms with van der Waals surface area (Å²) < 4.78 is 0. The molecule has 18 heavy (non-hydrogen) atoms. The Kier molecular flexibility index (Phi) is 5.95. The van der Waals surface area contributed by atoms with Crippen LogP contribution in [0.4, 0.5) is 4.79 Å². The second kappa shape index (κ2) is 7.24. The molecule has 104 valence electrons. The monoisotopic (exact) mass is 256 g/mol. The molecule has 2 N–H and O–H groups in total. The van der Waals surface area contributed by atoms with Gasteiger partial charge >= 0.3 is 12.0 Å². The number of amides is 2. The summed E-state index contributed by atoms with van der Waals surface area (Å²) in [5, 5.41) is 11.5. The molecule has 2 atom stereocenters. The van der Waals surface area contributed by atoms with Gasteiger partial charge in [-0.25, -0.2) is 4.79 Å². The number of aliphatic carboxylic acids is 1. The van der Waals surface area contributed by atoms with E-state index in [9.17, 15) is 9.59 Å². The van der Waals surface area contributed by atoms with Crippen molar-refractivity contribution in [3.8, 4) is 0 Å². The molecule has 1 heterocycles. The first kappa shape index (κ1) is 14.8. The molecule has 5 nitrogen and oxygen atoms in total. The van der Waals surface area contributed by atoms with Crippen LogP contribution in [-0.2, 0) is 4.79 Å². The Hall–Kier alpha value is -1.26. The zero-order valence-electron chi connectivity index (χ0n) is 11.3. The van der Waals surface area contributed by atoms with Crippen LogP contribution < -0.4 is 5.32 Å². The highest BCUT2D eigenvalue weighted by atomic mass is 16.4. The van der Waals surface area contributed by atoms with Crippen LogP contribution in [0.3, 0.4) is 0 Å². The number of hydrogen-bond acceptors (Lipinski definition) is 2. The molecule has 2 unspecified atom stereocenters. The molecule has 1 fully saturated rings. The lowest BCUT2D eigenvalue weighted by Gasteiger charge is -2.26. The number of rotatable bonds is 6. The molecular formula is C13H24N2O3. The summed E-state index contributed by atoms with van der Waals surface area (Å²) in [6.07, 6.45) is 4.66. The van der Waals surface area contributed by atoms with Crippen molar-refractivity contribution in [1.29, 1.82) is 0 Å². The summed E-state index contributed by atoms with van der Waals surface area (Å²) in [5.74, 6) is -0.779. The van der Waals surface area contributed by atoms with E-state index in [2.05, 4.69) is 12.2 Å². The number of nitrogens with one attached hydrogen (secondary N) is 1. The number of carboxylic acids is 1. The molecule has 0 aliphatic carbocycles. The molecule has 0 aromatic heterocycles. The van der Waals surface area contributed by atoms with Gasteiger partial charge in [-0.05, 0) is 39.0 Å². The first-order valence-corrected chi connectivity index (χ1v) is 6.83. The minimum Gasteiger partial charge on any atom is -0.481 e. The van der Waals surface area contributed by atoms with Crippen molar-refractivity contribution in [2.24, 2.45) is 0 Å². The lowest BCUT2D eigenvalue weighted by Crippen LogP contribution is -2.45. The summed E-state index contributed by atoms with van der Waals surface area (Å²) in [5.41, 5.74) is 0. The Morgan fingerprint density at radius 3 is 2.83 bits per heavy atom. The van der Waals surface area contributed by atoms with E-state index < -0.39 is 5.97 Å². The Bertz CT molecular complexity index is 294. The molecule has 1 saturated heterocycles. The number of carboxylic acid groups (broad SMARTS) is 1. The highest BCUT2D eigenvalue weighted by Crippen LogP contribution is 2.19. The van der Waals surface area contributed by atoms with Gasteiger partial charge in [0.15, 0.2) is 0 Å². The lowest BCUT2D eigenvalue weighted by atomic mass is 10.1. The number of hydrogen-bond donors (Lipinski definition) is 2. The molecule has 0 saturated carbocycles. The normalized spacial score (nSPS) is 20.8. The summed E-state index contributed by atoms with van der Waals surface area (Å²) in [7, 11) is 0. The zero-order valence-corrected chi connectivity index (χ0v) is 11.3. The lowest BCUT2D eigenvalue weighted by molar-refractivity contribution is -0.137. The van der Waals surface area contributed by atoms with Crippen LogP contribution in [0.5, 0.6) is 0 Å². The predicted octanol–water partition coefficient (Wildman–Crippen LogP) is 2.21. The van der Waals surface area contributed by atoms with Crippen molar-refractivity contribution in [3.63, 3.8) is 0 Å². The molecule has 0 bridgehead atoms. The number of urea groups is 1. The average Bonchev–Trinajstić information content (AvgIpc) is 2.76. The number of nitrogens with zero attached hydrogens (tertiary/aromatic N) is 1. The minimum absolute atomic E-state index is 0.00201. The Labute approximate surface area is 109 Å². The highest BCUT2D eigenvalue weighted by Gasteiger charge is 2.27. The molecule has 0 aromatic rings. The number of carbonyl (C=O) groups excluding carboxylic acids is 1. The van der Waals surface area contributed by atoms with Crippen LogP contribution in [0.15, 0.2) is 0 Å². The summed E-state index contributed by atoms with van der Waals surface area (Å²) in [6, 6.07) is 0.411. The van der Waals surface area contributed by atoms with Crippen LogP contribution in [0, 0.1) is 0 Å². The van der Waals surface area contributed by atoms with E-state index in [4.69, 9.17) is 5.11 Å². The molecule has 0 radical (unpaired) electrons. The predicted molar refractivity (Wildman–Crippen MR) is 69.5 cm³/mol. The van der Waals surface area contributed by atoms with E-state index in [0.717, 1.165) is 25.8 Å². The maximum Gasteiger partial charge on any atom is 0.317 e. The fourth-order valence-electron chi connectivity index (χ4n) is 2.45. The van der Waals surface area contributed by atoms with Crippen LogP contribution in [0.25, 0.3) is 0 Å². The van der Waals surface area contributed by atoms with Gasteiger partial charge in [-0.2, -0.15) is 0 Å². The van der Waals surface area contributed by atoms with Gasteiger partial charge in [-0.3, -0.25) is 4.79 Å². The van der Waals surface area contributed by atoms with Crippen molar-refractivity contribution in [2.75, 3.05) is 6.54 Å². The second-order valence-corrected chi connectivity index (χ2v) is 5.03. The van der Waals surface area contributed by atoms with Crippen LogP contribution in [-0.4, -0.2) is 40.6 Å². The molecule has 2 amide bonds. The zero-order chi connectivity index (χ0) is 13.5. The standard InChI is InChI=1S/C13H24N2O3/c1-3-11-7-5-9-15(11)13(18)14-10(2)6-4-8-12(16)17/h10-11H,3-9H2,1-2H3,(H,14,18)(H,16,17). The van der Waals surface area contributed by atoms with Gasteiger partial charge in [0.1, 0.15) is 0 Å². The van der Waals surface area contributed by atoms with Crippen LogP contribution >= 0.6 is 0 Å². The first-order valence-electron chi connectivity index (χ1n) is 6.83. The fraction of sp³-hybridized carbons (Fsp3) is 0.846. The Morgan fingerprint density at radius 1 is 1.50 bits per heavy atom.